The first kappa shape index (κ1) is 13.0. The molecule has 1 aliphatic carbocycles. The number of rotatable bonds is 4. The van der Waals surface area contributed by atoms with Crippen molar-refractivity contribution in [1.82, 2.24) is 0 Å². The Labute approximate surface area is 104 Å². The standard InChI is InChI=1S/C13H14F2O3/c14-13(15)7-6-11(9-13)17-18-12(16)8-10-4-2-1-3-5-10/h1-5,11H,6-9H2. The lowest BCUT2D eigenvalue weighted by molar-refractivity contribution is -0.298. The molecule has 1 aromatic rings. The second-order valence-corrected chi connectivity index (χ2v) is 4.43. The predicted octanol–water partition coefficient (Wildman–Crippen LogP) is 2.89. The minimum atomic E-state index is -2.70. The fraction of sp³-hybridized carbons (Fsp3) is 0.462. The summed E-state index contributed by atoms with van der Waals surface area (Å²) in [6.45, 7) is 0. The second kappa shape index (κ2) is 5.44. The zero-order chi connectivity index (χ0) is 13.0. The Morgan fingerprint density at radius 3 is 2.67 bits per heavy atom. The van der Waals surface area contributed by atoms with Gasteiger partial charge < -0.3 is 0 Å². The third-order valence-corrected chi connectivity index (χ3v) is 2.83. The highest BCUT2D eigenvalue weighted by molar-refractivity contribution is 5.71. The Bertz CT molecular complexity index is 406. The Kier molecular flexibility index (Phi) is 3.91. The molecule has 0 saturated heterocycles. The van der Waals surface area contributed by atoms with Crippen LogP contribution in [-0.4, -0.2) is 18.0 Å². The third-order valence-electron chi connectivity index (χ3n) is 2.83. The summed E-state index contributed by atoms with van der Waals surface area (Å²) >= 11 is 0. The number of hydrogen-bond donors (Lipinski definition) is 0. The van der Waals surface area contributed by atoms with Gasteiger partial charge in [-0.05, 0) is 12.0 Å². The number of halogens is 2. The summed E-state index contributed by atoms with van der Waals surface area (Å²) in [4.78, 5) is 20.7. The third kappa shape index (κ3) is 3.77. The normalized spacial score (nSPS) is 21.8. The van der Waals surface area contributed by atoms with Crippen molar-refractivity contribution in [2.24, 2.45) is 0 Å². The van der Waals surface area contributed by atoms with Crippen molar-refractivity contribution >= 4 is 5.97 Å². The lowest BCUT2D eigenvalue weighted by Gasteiger charge is -2.10. The first-order chi connectivity index (χ1) is 8.55. The average Bonchev–Trinajstić information content (AvgIpc) is 2.68. The van der Waals surface area contributed by atoms with Crippen LogP contribution in [0.1, 0.15) is 24.8 Å². The van der Waals surface area contributed by atoms with E-state index in [0.717, 1.165) is 5.56 Å². The van der Waals surface area contributed by atoms with E-state index < -0.39 is 18.0 Å². The Balaban J connectivity index is 1.73. The quantitative estimate of drug-likeness (QED) is 0.613. The fourth-order valence-corrected chi connectivity index (χ4v) is 1.91. The van der Waals surface area contributed by atoms with Gasteiger partial charge in [-0.15, -0.1) is 0 Å². The van der Waals surface area contributed by atoms with Gasteiger partial charge in [0.25, 0.3) is 5.92 Å². The van der Waals surface area contributed by atoms with Gasteiger partial charge in [0.1, 0.15) is 6.10 Å². The smallest absolute Gasteiger partial charge is 0.298 e. The maximum Gasteiger partial charge on any atom is 0.346 e. The molecule has 0 bridgehead atoms. The van der Waals surface area contributed by atoms with Crippen LogP contribution in [0.25, 0.3) is 0 Å². The van der Waals surface area contributed by atoms with Gasteiger partial charge in [0.2, 0.25) is 0 Å². The van der Waals surface area contributed by atoms with E-state index in [1.165, 1.54) is 0 Å². The predicted molar refractivity (Wildman–Crippen MR) is 59.9 cm³/mol. The molecule has 0 aliphatic heterocycles. The van der Waals surface area contributed by atoms with Gasteiger partial charge in [-0.2, -0.15) is 4.89 Å². The summed E-state index contributed by atoms with van der Waals surface area (Å²) in [6.07, 6.45) is -1.01. The number of carbonyl (C=O) groups excluding carboxylic acids is 1. The summed E-state index contributed by atoms with van der Waals surface area (Å²) in [5.41, 5.74) is 0.794. The van der Waals surface area contributed by atoms with E-state index in [0.29, 0.717) is 0 Å². The molecule has 18 heavy (non-hydrogen) atoms. The van der Waals surface area contributed by atoms with Crippen LogP contribution >= 0.6 is 0 Å². The van der Waals surface area contributed by atoms with Crippen molar-refractivity contribution < 1.29 is 23.4 Å². The van der Waals surface area contributed by atoms with E-state index in [1.54, 1.807) is 24.3 Å². The lowest BCUT2D eigenvalue weighted by Crippen LogP contribution is -2.17. The van der Waals surface area contributed by atoms with Crippen LogP contribution in [0.2, 0.25) is 0 Å². The second-order valence-electron chi connectivity index (χ2n) is 4.43. The van der Waals surface area contributed by atoms with Crippen LogP contribution in [0.5, 0.6) is 0 Å². The van der Waals surface area contributed by atoms with Crippen molar-refractivity contribution in [3.8, 4) is 0 Å². The van der Waals surface area contributed by atoms with E-state index in [2.05, 4.69) is 4.89 Å². The van der Waals surface area contributed by atoms with Gasteiger partial charge in [-0.1, -0.05) is 30.3 Å². The van der Waals surface area contributed by atoms with Crippen molar-refractivity contribution in [2.45, 2.75) is 37.7 Å². The maximum absolute atomic E-state index is 12.8. The fourth-order valence-electron chi connectivity index (χ4n) is 1.91. The highest BCUT2D eigenvalue weighted by Gasteiger charge is 2.41. The molecule has 1 aliphatic rings. The molecule has 1 unspecified atom stereocenters. The molecule has 0 spiro atoms. The van der Waals surface area contributed by atoms with E-state index in [-0.39, 0.29) is 25.7 Å². The summed E-state index contributed by atoms with van der Waals surface area (Å²) in [7, 11) is 0. The molecule has 0 heterocycles. The molecular weight excluding hydrogens is 242 g/mol. The number of benzene rings is 1. The topological polar surface area (TPSA) is 35.5 Å². The van der Waals surface area contributed by atoms with E-state index >= 15 is 0 Å². The Morgan fingerprint density at radius 1 is 1.33 bits per heavy atom. The number of carbonyl (C=O) groups is 1. The van der Waals surface area contributed by atoms with E-state index in [9.17, 15) is 13.6 Å². The van der Waals surface area contributed by atoms with Crippen LogP contribution < -0.4 is 0 Å². The molecule has 5 heteroatoms. The molecule has 1 atom stereocenters. The van der Waals surface area contributed by atoms with Crippen molar-refractivity contribution in [3.63, 3.8) is 0 Å². The first-order valence-corrected chi connectivity index (χ1v) is 5.83. The van der Waals surface area contributed by atoms with E-state index in [1.807, 2.05) is 6.07 Å². The minimum Gasteiger partial charge on any atom is -0.298 e. The molecule has 2 rings (SSSR count). The zero-order valence-corrected chi connectivity index (χ0v) is 9.77. The monoisotopic (exact) mass is 256 g/mol. The molecular formula is C13H14F2O3. The Morgan fingerprint density at radius 2 is 2.06 bits per heavy atom. The van der Waals surface area contributed by atoms with Crippen LogP contribution in [-0.2, 0) is 21.0 Å². The van der Waals surface area contributed by atoms with Crippen LogP contribution in [0.3, 0.4) is 0 Å². The van der Waals surface area contributed by atoms with Crippen LogP contribution in [0, 0.1) is 0 Å². The number of alkyl halides is 2. The van der Waals surface area contributed by atoms with Gasteiger partial charge >= 0.3 is 5.97 Å². The minimum absolute atomic E-state index is 0.0734. The van der Waals surface area contributed by atoms with Crippen molar-refractivity contribution in [2.75, 3.05) is 0 Å². The van der Waals surface area contributed by atoms with Gasteiger partial charge in [0.15, 0.2) is 0 Å². The molecule has 1 fully saturated rings. The average molecular weight is 256 g/mol. The molecule has 0 aromatic heterocycles. The highest BCUT2D eigenvalue weighted by atomic mass is 19.3. The molecule has 98 valence electrons. The lowest BCUT2D eigenvalue weighted by atomic mass is 10.2. The van der Waals surface area contributed by atoms with Gasteiger partial charge in [0, 0.05) is 12.8 Å². The summed E-state index contributed by atoms with van der Waals surface area (Å²) in [6, 6.07) is 9.02. The number of hydrogen-bond acceptors (Lipinski definition) is 3. The summed E-state index contributed by atoms with van der Waals surface area (Å²) in [5, 5.41) is 0. The first-order valence-electron chi connectivity index (χ1n) is 5.83. The molecule has 0 N–H and O–H groups in total. The highest BCUT2D eigenvalue weighted by Crippen LogP contribution is 2.36. The largest absolute Gasteiger partial charge is 0.346 e. The van der Waals surface area contributed by atoms with E-state index in [4.69, 9.17) is 4.89 Å². The maximum atomic E-state index is 12.8. The molecule has 1 aromatic carbocycles. The zero-order valence-electron chi connectivity index (χ0n) is 9.77. The Hall–Kier alpha value is -1.49. The van der Waals surface area contributed by atoms with Gasteiger partial charge in [-0.25, -0.2) is 13.6 Å². The van der Waals surface area contributed by atoms with Crippen LogP contribution in [0.4, 0.5) is 8.78 Å². The molecule has 3 nitrogen and oxygen atoms in total. The SMILES string of the molecule is O=C(Cc1ccccc1)OOC1CCC(F)(F)C1. The van der Waals surface area contributed by atoms with Gasteiger partial charge in [0.05, 0.1) is 6.42 Å². The molecule has 0 amide bonds. The molecule has 0 radical (unpaired) electrons. The van der Waals surface area contributed by atoms with Crippen molar-refractivity contribution in [3.05, 3.63) is 35.9 Å². The summed E-state index contributed by atoms with van der Waals surface area (Å²) in [5.74, 6) is -3.27. The van der Waals surface area contributed by atoms with Gasteiger partial charge in [-0.3, -0.25) is 4.89 Å². The molecule has 1 saturated carbocycles. The van der Waals surface area contributed by atoms with Crippen molar-refractivity contribution in [1.29, 1.82) is 0 Å². The van der Waals surface area contributed by atoms with Crippen LogP contribution in [0.15, 0.2) is 30.3 Å². The summed E-state index contributed by atoms with van der Waals surface area (Å²) < 4.78 is 25.7.